The Balaban J connectivity index is 1.73. The number of nitro groups is 1. The highest BCUT2D eigenvalue weighted by atomic mass is 35.5. The summed E-state index contributed by atoms with van der Waals surface area (Å²) >= 11 is 5.30. The lowest BCUT2D eigenvalue weighted by atomic mass is 10.2. The van der Waals surface area contributed by atoms with E-state index < -0.39 is 29.5 Å². The summed E-state index contributed by atoms with van der Waals surface area (Å²) < 4.78 is 14.5. The highest BCUT2D eigenvalue weighted by molar-refractivity contribution is 6.17. The number of halogens is 1. The molecule has 0 saturated heterocycles. The molecule has 2 aromatic carbocycles. The third kappa shape index (κ3) is 7.11. The van der Waals surface area contributed by atoms with Gasteiger partial charge in [-0.15, -0.1) is 0 Å². The molecular formula is C18H15ClN2O8. The number of esters is 2. The Morgan fingerprint density at radius 2 is 1.66 bits per heavy atom. The van der Waals surface area contributed by atoms with Crippen molar-refractivity contribution in [2.75, 3.05) is 12.6 Å². The fourth-order valence-electron chi connectivity index (χ4n) is 2.02. The number of non-ortho nitro benzene ring substituents is 1. The second kappa shape index (κ2) is 10.6. The molecule has 0 heterocycles. The second-order valence-corrected chi connectivity index (χ2v) is 5.61. The fourth-order valence-corrected chi connectivity index (χ4v) is 2.12. The predicted molar refractivity (Wildman–Crippen MR) is 99.5 cm³/mol. The standard InChI is InChI=1S/C18H15ClN2O8/c19-11-28-17(23)13-3-7-15(8-4-13)29-16(22)9-20-18(24)27-10-12-1-5-14(6-2-12)21(25)26/h1-8H,9-11H2,(H,20,24). The van der Waals surface area contributed by atoms with E-state index in [0.29, 0.717) is 5.56 Å². The molecule has 2 rings (SSSR count). The molecule has 10 nitrogen and oxygen atoms in total. The molecule has 11 heteroatoms. The lowest BCUT2D eigenvalue weighted by molar-refractivity contribution is -0.384. The minimum Gasteiger partial charge on any atom is -0.446 e. The topological polar surface area (TPSA) is 134 Å². The molecule has 0 aliphatic rings. The zero-order chi connectivity index (χ0) is 21.2. The van der Waals surface area contributed by atoms with Crippen molar-refractivity contribution in [1.82, 2.24) is 5.32 Å². The Bertz CT molecular complexity index is 884. The zero-order valence-electron chi connectivity index (χ0n) is 14.8. The van der Waals surface area contributed by atoms with Crippen molar-refractivity contribution in [3.05, 3.63) is 69.8 Å². The maximum atomic E-state index is 11.7. The first-order valence-electron chi connectivity index (χ1n) is 8.07. The van der Waals surface area contributed by atoms with Crippen LogP contribution in [0.1, 0.15) is 15.9 Å². The van der Waals surface area contributed by atoms with Gasteiger partial charge in [0.05, 0.1) is 10.5 Å². The number of hydrogen-bond acceptors (Lipinski definition) is 8. The van der Waals surface area contributed by atoms with Crippen LogP contribution in [-0.4, -0.2) is 35.6 Å². The average Bonchev–Trinajstić information content (AvgIpc) is 2.71. The number of benzene rings is 2. The number of hydrogen-bond donors (Lipinski definition) is 1. The number of nitrogens with zero attached hydrogens (tertiary/aromatic N) is 1. The van der Waals surface area contributed by atoms with Crippen LogP contribution in [-0.2, 0) is 20.9 Å². The summed E-state index contributed by atoms with van der Waals surface area (Å²) in [5.41, 5.74) is 0.699. The first-order valence-corrected chi connectivity index (χ1v) is 8.60. The van der Waals surface area contributed by atoms with Crippen LogP contribution in [0.5, 0.6) is 5.75 Å². The number of rotatable bonds is 8. The number of amides is 1. The monoisotopic (exact) mass is 422 g/mol. The Hall–Kier alpha value is -3.66. The maximum absolute atomic E-state index is 11.7. The molecule has 152 valence electrons. The van der Waals surface area contributed by atoms with Gasteiger partial charge in [-0.25, -0.2) is 14.4 Å². The number of carbonyl (C=O) groups is 3. The number of carbonyl (C=O) groups excluding carboxylic acids is 3. The normalized spacial score (nSPS) is 9.97. The number of nitro benzene ring substituents is 1. The molecule has 0 saturated carbocycles. The molecule has 0 fully saturated rings. The average molecular weight is 423 g/mol. The van der Waals surface area contributed by atoms with Crippen molar-refractivity contribution in [2.24, 2.45) is 0 Å². The summed E-state index contributed by atoms with van der Waals surface area (Å²) in [4.78, 5) is 44.9. The molecule has 0 aromatic heterocycles. The van der Waals surface area contributed by atoms with Crippen molar-refractivity contribution >= 4 is 35.3 Å². The SMILES string of the molecule is O=C(CNC(=O)OCc1ccc([N+](=O)[O-])cc1)Oc1ccc(C(=O)OCCl)cc1. The molecule has 0 radical (unpaired) electrons. The van der Waals surface area contributed by atoms with Crippen LogP contribution >= 0.6 is 11.6 Å². The van der Waals surface area contributed by atoms with E-state index in [4.69, 9.17) is 21.1 Å². The van der Waals surface area contributed by atoms with Gasteiger partial charge in [0.25, 0.3) is 5.69 Å². The molecule has 0 aliphatic carbocycles. The first kappa shape index (κ1) is 21.6. The zero-order valence-corrected chi connectivity index (χ0v) is 15.6. The van der Waals surface area contributed by atoms with Crippen molar-refractivity contribution in [2.45, 2.75) is 6.61 Å². The van der Waals surface area contributed by atoms with E-state index in [1.54, 1.807) is 0 Å². The smallest absolute Gasteiger partial charge is 0.407 e. The second-order valence-electron chi connectivity index (χ2n) is 5.39. The van der Waals surface area contributed by atoms with Crippen LogP contribution in [0.3, 0.4) is 0 Å². The van der Waals surface area contributed by atoms with Gasteiger partial charge in [-0.3, -0.25) is 10.1 Å². The summed E-state index contributed by atoms with van der Waals surface area (Å²) in [5.74, 6) is -1.21. The van der Waals surface area contributed by atoms with Crippen molar-refractivity contribution in [3.8, 4) is 5.75 Å². The highest BCUT2D eigenvalue weighted by Crippen LogP contribution is 2.14. The predicted octanol–water partition coefficient (Wildman–Crippen LogP) is 2.78. The maximum Gasteiger partial charge on any atom is 0.407 e. The number of nitrogens with one attached hydrogen (secondary N) is 1. The fraction of sp³-hybridized carbons (Fsp3) is 0.167. The van der Waals surface area contributed by atoms with Crippen LogP contribution in [0, 0.1) is 10.1 Å². The molecule has 29 heavy (non-hydrogen) atoms. The third-order valence-corrected chi connectivity index (χ3v) is 3.51. The van der Waals surface area contributed by atoms with Gasteiger partial charge < -0.3 is 19.5 Å². The van der Waals surface area contributed by atoms with Crippen LogP contribution in [0.15, 0.2) is 48.5 Å². The van der Waals surface area contributed by atoms with Gasteiger partial charge in [-0.05, 0) is 42.0 Å². The minimum absolute atomic E-state index is 0.0788. The van der Waals surface area contributed by atoms with Crippen LogP contribution in [0.25, 0.3) is 0 Å². The van der Waals surface area contributed by atoms with Gasteiger partial charge in [0, 0.05) is 12.1 Å². The summed E-state index contributed by atoms with van der Waals surface area (Å²) in [7, 11) is 0. The van der Waals surface area contributed by atoms with E-state index in [2.05, 4.69) is 10.1 Å². The van der Waals surface area contributed by atoms with Crippen molar-refractivity contribution in [3.63, 3.8) is 0 Å². The molecule has 2 aromatic rings. The highest BCUT2D eigenvalue weighted by Gasteiger charge is 2.11. The number of alkyl carbamates (subject to hydrolysis) is 1. The van der Waals surface area contributed by atoms with Gasteiger partial charge in [-0.1, -0.05) is 11.6 Å². The summed E-state index contributed by atoms with van der Waals surface area (Å²) in [5, 5.41) is 12.8. The van der Waals surface area contributed by atoms with Gasteiger partial charge in [0.2, 0.25) is 0 Å². The molecule has 1 N–H and O–H groups in total. The summed E-state index contributed by atoms with van der Waals surface area (Å²) in [6.45, 7) is -0.576. The van der Waals surface area contributed by atoms with Crippen LogP contribution < -0.4 is 10.1 Å². The van der Waals surface area contributed by atoms with E-state index in [0.717, 1.165) is 0 Å². The molecule has 1 amide bonds. The van der Waals surface area contributed by atoms with Crippen LogP contribution in [0.4, 0.5) is 10.5 Å². The minimum atomic E-state index is -0.862. The summed E-state index contributed by atoms with van der Waals surface area (Å²) in [6, 6.07) is 10.8. The molecule has 0 spiro atoms. The Labute approximate surface area is 169 Å². The van der Waals surface area contributed by atoms with Gasteiger partial charge in [0.15, 0.2) is 6.07 Å². The summed E-state index contributed by atoms with van der Waals surface area (Å²) in [6.07, 6.45) is -0.862. The van der Waals surface area contributed by atoms with E-state index in [9.17, 15) is 24.5 Å². The van der Waals surface area contributed by atoms with Crippen molar-refractivity contribution in [1.29, 1.82) is 0 Å². The molecule has 0 unspecified atom stereocenters. The van der Waals surface area contributed by atoms with E-state index in [-0.39, 0.29) is 29.7 Å². The molecule has 0 atom stereocenters. The van der Waals surface area contributed by atoms with Crippen molar-refractivity contribution < 1.29 is 33.5 Å². The van der Waals surface area contributed by atoms with E-state index in [1.807, 2.05) is 0 Å². The molecular weight excluding hydrogens is 408 g/mol. The van der Waals surface area contributed by atoms with Gasteiger partial charge in [-0.2, -0.15) is 0 Å². The van der Waals surface area contributed by atoms with Gasteiger partial charge >= 0.3 is 18.0 Å². The number of ether oxygens (including phenoxy) is 3. The quantitative estimate of drug-likeness (QED) is 0.225. The van der Waals surface area contributed by atoms with E-state index >= 15 is 0 Å². The first-order chi connectivity index (χ1) is 13.9. The molecule has 0 bridgehead atoms. The largest absolute Gasteiger partial charge is 0.446 e. The third-order valence-electron chi connectivity index (χ3n) is 3.40. The lowest BCUT2D eigenvalue weighted by Crippen LogP contribution is -2.32. The lowest BCUT2D eigenvalue weighted by Gasteiger charge is -2.08. The van der Waals surface area contributed by atoms with E-state index in [1.165, 1.54) is 48.5 Å². The Morgan fingerprint density at radius 3 is 2.24 bits per heavy atom. The Morgan fingerprint density at radius 1 is 1.00 bits per heavy atom. The van der Waals surface area contributed by atoms with Gasteiger partial charge in [0.1, 0.15) is 18.9 Å². The Kier molecular flexibility index (Phi) is 7.92. The van der Waals surface area contributed by atoms with Crippen LogP contribution in [0.2, 0.25) is 0 Å². The molecule has 0 aliphatic heterocycles. The number of alkyl halides is 1.